The predicted octanol–water partition coefficient (Wildman–Crippen LogP) is 1.62. The van der Waals surface area contributed by atoms with E-state index in [1.54, 1.807) is 25.4 Å². The predicted molar refractivity (Wildman–Crippen MR) is 69.5 cm³/mol. The Kier molecular flexibility index (Phi) is 3.74. The minimum Gasteiger partial charge on any atom is -0.410 e. The summed E-state index contributed by atoms with van der Waals surface area (Å²) in [5, 5.41) is 0.935. The summed E-state index contributed by atoms with van der Waals surface area (Å²) in [5.74, 6) is 0.504. The van der Waals surface area contributed by atoms with Crippen molar-refractivity contribution < 1.29 is 9.53 Å². The van der Waals surface area contributed by atoms with Crippen LogP contribution < -0.4 is 10.5 Å². The Morgan fingerprint density at radius 2 is 2.28 bits per heavy atom. The second-order valence-electron chi connectivity index (χ2n) is 3.94. The molecule has 5 nitrogen and oxygen atoms in total. The van der Waals surface area contributed by atoms with Crippen molar-refractivity contribution in [3.05, 3.63) is 36.5 Å². The zero-order valence-electron chi connectivity index (χ0n) is 10.2. The monoisotopic (exact) mass is 245 g/mol. The lowest BCUT2D eigenvalue weighted by atomic mass is 10.2. The topological polar surface area (TPSA) is 68.5 Å². The zero-order chi connectivity index (χ0) is 13.0. The number of nitrogens with two attached hydrogens (primary N) is 1. The van der Waals surface area contributed by atoms with E-state index in [-0.39, 0.29) is 0 Å². The summed E-state index contributed by atoms with van der Waals surface area (Å²) < 4.78 is 5.24. The normalized spacial score (nSPS) is 10.3. The van der Waals surface area contributed by atoms with Crippen LogP contribution in [0.5, 0.6) is 5.75 Å². The molecule has 0 aliphatic rings. The number of carbonyl (C=O) groups is 1. The number of fused-ring (bicyclic) bond motifs is 1. The first kappa shape index (κ1) is 12.3. The number of nitrogens with zero attached hydrogens (tertiary/aromatic N) is 2. The van der Waals surface area contributed by atoms with Crippen LogP contribution in [0.1, 0.15) is 0 Å². The van der Waals surface area contributed by atoms with E-state index < -0.39 is 6.09 Å². The van der Waals surface area contributed by atoms with Crippen LogP contribution in [0, 0.1) is 0 Å². The molecule has 2 N–H and O–H groups in total. The van der Waals surface area contributed by atoms with Crippen LogP contribution >= 0.6 is 0 Å². The van der Waals surface area contributed by atoms with Gasteiger partial charge < -0.3 is 15.4 Å². The third-order valence-electron chi connectivity index (χ3n) is 2.56. The second-order valence-corrected chi connectivity index (χ2v) is 3.94. The SMILES string of the molecule is CN(CCN)C(=O)Oc1ccc2ncccc2c1. The Morgan fingerprint density at radius 1 is 1.44 bits per heavy atom. The number of carbonyl (C=O) groups excluding carboxylic acids is 1. The number of ether oxygens (including phenoxy) is 1. The van der Waals surface area contributed by atoms with Gasteiger partial charge in [-0.2, -0.15) is 0 Å². The molecule has 0 fully saturated rings. The van der Waals surface area contributed by atoms with Gasteiger partial charge in [-0.05, 0) is 24.3 Å². The van der Waals surface area contributed by atoms with Gasteiger partial charge in [-0.1, -0.05) is 6.07 Å². The highest BCUT2D eigenvalue weighted by atomic mass is 16.6. The van der Waals surface area contributed by atoms with Gasteiger partial charge in [0.25, 0.3) is 0 Å². The van der Waals surface area contributed by atoms with Crippen molar-refractivity contribution in [2.24, 2.45) is 5.73 Å². The average molecular weight is 245 g/mol. The van der Waals surface area contributed by atoms with Crippen molar-refractivity contribution in [3.8, 4) is 5.75 Å². The first-order valence-corrected chi connectivity index (χ1v) is 5.68. The van der Waals surface area contributed by atoms with Crippen molar-refractivity contribution in [2.75, 3.05) is 20.1 Å². The van der Waals surface area contributed by atoms with Gasteiger partial charge in [-0.25, -0.2) is 4.79 Å². The summed E-state index contributed by atoms with van der Waals surface area (Å²) in [6, 6.07) is 9.10. The summed E-state index contributed by atoms with van der Waals surface area (Å²) in [6.45, 7) is 0.876. The molecule has 0 aliphatic heterocycles. The highest BCUT2D eigenvalue weighted by Crippen LogP contribution is 2.19. The van der Waals surface area contributed by atoms with Crippen molar-refractivity contribution in [1.29, 1.82) is 0 Å². The van der Waals surface area contributed by atoms with Crippen LogP contribution in [0.25, 0.3) is 10.9 Å². The zero-order valence-corrected chi connectivity index (χ0v) is 10.2. The van der Waals surface area contributed by atoms with Crippen molar-refractivity contribution >= 4 is 17.0 Å². The summed E-state index contributed by atoms with van der Waals surface area (Å²) >= 11 is 0. The molecule has 0 saturated carbocycles. The lowest BCUT2D eigenvalue weighted by molar-refractivity contribution is 0.164. The molecule has 0 bridgehead atoms. The highest BCUT2D eigenvalue weighted by molar-refractivity contribution is 5.81. The molecule has 0 unspecified atom stereocenters. The summed E-state index contributed by atoms with van der Waals surface area (Å²) in [5.41, 5.74) is 6.25. The van der Waals surface area contributed by atoms with Crippen LogP contribution in [0.2, 0.25) is 0 Å². The number of likely N-dealkylation sites (N-methyl/N-ethyl adjacent to an activating group) is 1. The Morgan fingerprint density at radius 3 is 3.06 bits per heavy atom. The number of aromatic nitrogens is 1. The fourth-order valence-corrected chi connectivity index (χ4v) is 1.58. The second kappa shape index (κ2) is 5.46. The van der Waals surface area contributed by atoms with Gasteiger partial charge >= 0.3 is 6.09 Å². The Balaban J connectivity index is 2.14. The molecule has 2 rings (SSSR count). The van der Waals surface area contributed by atoms with E-state index in [2.05, 4.69) is 4.98 Å². The third-order valence-corrected chi connectivity index (χ3v) is 2.56. The molecule has 1 amide bonds. The molecule has 18 heavy (non-hydrogen) atoms. The molecule has 1 heterocycles. The third kappa shape index (κ3) is 2.75. The number of amides is 1. The fraction of sp³-hybridized carbons (Fsp3) is 0.231. The molecular weight excluding hydrogens is 230 g/mol. The minimum atomic E-state index is -0.413. The van der Waals surface area contributed by atoms with E-state index in [1.165, 1.54) is 4.90 Å². The van der Waals surface area contributed by atoms with E-state index in [1.807, 2.05) is 18.2 Å². The van der Waals surface area contributed by atoms with E-state index in [9.17, 15) is 4.79 Å². The molecule has 0 spiro atoms. The van der Waals surface area contributed by atoms with E-state index in [0.717, 1.165) is 10.9 Å². The van der Waals surface area contributed by atoms with Gasteiger partial charge in [0.05, 0.1) is 5.52 Å². The first-order valence-electron chi connectivity index (χ1n) is 5.68. The quantitative estimate of drug-likeness (QED) is 0.892. The fourth-order valence-electron chi connectivity index (χ4n) is 1.58. The number of hydrogen-bond acceptors (Lipinski definition) is 4. The molecule has 0 atom stereocenters. The minimum absolute atomic E-state index is 0.410. The maximum atomic E-state index is 11.7. The van der Waals surface area contributed by atoms with Gasteiger partial charge in [0.15, 0.2) is 0 Å². The number of hydrogen-bond donors (Lipinski definition) is 1. The summed E-state index contributed by atoms with van der Waals surface area (Å²) in [4.78, 5) is 17.3. The molecular formula is C13H15N3O2. The van der Waals surface area contributed by atoms with Crippen molar-refractivity contribution in [2.45, 2.75) is 0 Å². The molecule has 5 heteroatoms. The van der Waals surface area contributed by atoms with Gasteiger partial charge in [0.2, 0.25) is 0 Å². The Hall–Kier alpha value is -2.14. The molecule has 0 saturated heterocycles. The Labute approximate surface area is 105 Å². The molecule has 2 aromatic rings. The lowest BCUT2D eigenvalue weighted by Gasteiger charge is -2.15. The molecule has 0 aliphatic carbocycles. The van der Waals surface area contributed by atoms with Gasteiger partial charge in [0, 0.05) is 31.7 Å². The largest absolute Gasteiger partial charge is 0.415 e. The first-order chi connectivity index (χ1) is 8.70. The lowest BCUT2D eigenvalue weighted by Crippen LogP contribution is -2.33. The van der Waals surface area contributed by atoms with Crippen LogP contribution in [-0.4, -0.2) is 36.1 Å². The standard InChI is InChI=1S/C13H15N3O2/c1-16(8-6-14)13(17)18-11-4-5-12-10(9-11)3-2-7-15-12/h2-5,7,9H,6,8,14H2,1H3. The Bertz CT molecular complexity index is 557. The number of pyridine rings is 1. The molecule has 0 radical (unpaired) electrons. The highest BCUT2D eigenvalue weighted by Gasteiger charge is 2.10. The van der Waals surface area contributed by atoms with Crippen LogP contribution in [0.3, 0.4) is 0 Å². The number of benzene rings is 1. The maximum absolute atomic E-state index is 11.7. The maximum Gasteiger partial charge on any atom is 0.415 e. The van der Waals surface area contributed by atoms with Gasteiger partial charge in [-0.3, -0.25) is 4.98 Å². The molecule has 1 aromatic heterocycles. The van der Waals surface area contributed by atoms with Crippen LogP contribution in [-0.2, 0) is 0 Å². The summed E-state index contributed by atoms with van der Waals surface area (Å²) in [6.07, 6.45) is 1.31. The average Bonchev–Trinajstić information content (AvgIpc) is 2.39. The molecule has 1 aromatic carbocycles. The van der Waals surface area contributed by atoms with Crippen molar-refractivity contribution in [1.82, 2.24) is 9.88 Å². The molecule has 94 valence electrons. The van der Waals surface area contributed by atoms with Gasteiger partial charge in [-0.15, -0.1) is 0 Å². The van der Waals surface area contributed by atoms with Crippen LogP contribution in [0.15, 0.2) is 36.5 Å². The van der Waals surface area contributed by atoms with Crippen molar-refractivity contribution in [3.63, 3.8) is 0 Å². The van der Waals surface area contributed by atoms with E-state index in [0.29, 0.717) is 18.8 Å². The van der Waals surface area contributed by atoms with Crippen LogP contribution in [0.4, 0.5) is 4.79 Å². The summed E-state index contributed by atoms with van der Waals surface area (Å²) in [7, 11) is 1.65. The smallest absolute Gasteiger partial charge is 0.410 e. The van der Waals surface area contributed by atoms with E-state index in [4.69, 9.17) is 10.5 Å². The number of rotatable bonds is 3. The van der Waals surface area contributed by atoms with Gasteiger partial charge in [0.1, 0.15) is 5.75 Å². The van der Waals surface area contributed by atoms with E-state index >= 15 is 0 Å².